The number of nitriles is 1. The number of methoxy groups -OCH3 is 1. The van der Waals surface area contributed by atoms with Gasteiger partial charge in [0.1, 0.15) is 17.4 Å². The van der Waals surface area contributed by atoms with E-state index in [-0.39, 0.29) is 22.2 Å². The van der Waals surface area contributed by atoms with Crippen molar-refractivity contribution in [1.82, 2.24) is 0 Å². The average Bonchev–Trinajstić information content (AvgIpc) is 2.74. The molecule has 0 spiro atoms. The molecule has 0 amide bonds. The summed E-state index contributed by atoms with van der Waals surface area (Å²) in [6, 6.07) is 7.20. The van der Waals surface area contributed by atoms with Crippen LogP contribution in [0.15, 0.2) is 18.2 Å². The van der Waals surface area contributed by atoms with Crippen molar-refractivity contribution in [3.05, 3.63) is 29.3 Å². The summed E-state index contributed by atoms with van der Waals surface area (Å²) in [6.45, 7) is 0. The van der Waals surface area contributed by atoms with Crippen molar-refractivity contribution in [1.29, 1.82) is 5.26 Å². The second-order valence-electron chi connectivity index (χ2n) is 5.68. The van der Waals surface area contributed by atoms with E-state index in [4.69, 9.17) is 4.74 Å². The van der Waals surface area contributed by atoms with Crippen LogP contribution in [0.1, 0.15) is 41.6 Å². The van der Waals surface area contributed by atoms with E-state index in [9.17, 15) is 14.3 Å². The van der Waals surface area contributed by atoms with Crippen LogP contribution in [-0.4, -0.2) is 27.6 Å². The van der Waals surface area contributed by atoms with Crippen LogP contribution in [-0.2, 0) is 10.8 Å². The third-order valence-electron chi connectivity index (χ3n) is 4.56. The van der Waals surface area contributed by atoms with E-state index in [1.807, 2.05) is 0 Å². The summed E-state index contributed by atoms with van der Waals surface area (Å²) in [6.07, 6.45) is 3.29. The lowest BCUT2D eigenvalue weighted by Crippen LogP contribution is -2.32. The summed E-state index contributed by atoms with van der Waals surface area (Å²) in [4.78, 5) is 12.8. The molecule has 0 radical (unpaired) electrons. The minimum atomic E-state index is -0.767. The molecule has 110 valence electrons. The summed E-state index contributed by atoms with van der Waals surface area (Å²) in [7, 11) is 0.727. The van der Waals surface area contributed by atoms with Gasteiger partial charge < -0.3 is 4.74 Å². The molecule has 2 unspecified atom stereocenters. The molecular weight excluding hydrogens is 286 g/mol. The van der Waals surface area contributed by atoms with E-state index >= 15 is 0 Å². The summed E-state index contributed by atoms with van der Waals surface area (Å²) in [5.41, 5.74) is 0.748. The molecule has 1 aromatic carbocycles. The number of rotatable bonds is 3. The van der Waals surface area contributed by atoms with Crippen molar-refractivity contribution in [2.75, 3.05) is 7.11 Å². The Morgan fingerprint density at radius 1 is 1.33 bits per heavy atom. The fraction of sp³-hybridized carbons (Fsp3) is 0.500. The van der Waals surface area contributed by atoms with Crippen molar-refractivity contribution in [2.45, 2.75) is 36.2 Å². The number of Topliss-reactive ketones (excluding diaryl/α,β-unsaturated/α-hetero) is 1. The first kappa shape index (κ1) is 14.3. The molecule has 2 saturated heterocycles. The maximum atomic E-state index is 12.8. The smallest absolute Gasteiger partial charge is 0.167 e. The summed E-state index contributed by atoms with van der Waals surface area (Å²) in [5, 5.41) is 9.63. The van der Waals surface area contributed by atoms with E-state index in [1.54, 1.807) is 18.2 Å². The number of fused-ring (bicyclic) bond motifs is 2. The lowest BCUT2D eigenvalue weighted by molar-refractivity contribution is 0.0905. The zero-order chi connectivity index (χ0) is 15.0. The van der Waals surface area contributed by atoms with Crippen molar-refractivity contribution in [2.24, 2.45) is 5.92 Å². The van der Waals surface area contributed by atoms with Crippen molar-refractivity contribution < 1.29 is 13.7 Å². The number of benzene rings is 1. The molecule has 2 fully saturated rings. The van der Waals surface area contributed by atoms with Gasteiger partial charge >= 0.3 is 0 Å². The van der Waals surface area contributed by atoms with Crippen LogP contribution in [0.3, 0.4) is 0 Å². The third kappa shape index (κ3) is 2.38. The zero-order valence-corrected chi connectivity index (χ0v) is 12.7. The van der Waals surface area contributed by atoms with Crippen molar-refractivity contribution in [3.8, 4) is 11.8 Å². The Morgan fingerprint density at radius 2 is 2.00 bits per heavy atom. The predicted octanol–water partition coefficient (Wildman–Crippen LogP) is 2.44. The molecule has 2 heterocycles. The summed E-state index contributed by atoms with van der Waals surface area (Å²) < 4.78 is 17.2. The van der Waals surface area contributed by atoms with Crippen LogP contribution in [0.25, 0.3) is 0 Å². The SMILES string of the molecule is COc1cccc(C(=O)C2CC3CCC(C2)S3=O)c1C#N. The number of ketones is 1. The van der Waals surface area contributed by atoms with Gasteiger partial charge in [-0.25, -0.2) is 0 Å². The molecule has 5 heteroatoms. The van der Waals surface area contributed by atoms with E-state index in [2.05, 4.69) is 6.07 Å². The van der Waals surface area contributed by atoms with Crippen LogP contribution in [0.2, 0.25) is 0 Å². The average molecular weight is 303 g/mol. The molecule has 21 heavy (non-hydrogen) atoms. The normalized spacial score (nSPS) is 30.7. The maximum Gasteiger partial charge on any atom is 0.167 e. The highest BCUT2D eigenvalue weighted by molar-refractivity contribution is 7.86. The quantitative estimate of drug-likeness (QED) is 0.804. The topological polar surface area (TPSA) is 67.2 Å². The van der Waals surface area contributed by atoms with Crippen LogP contribution >= 0.6 is 0 Å². The monoisotopic (exact) mass is 303 g/mol. The van der Waals surface area contributed by atoms with E-state index in [0.717, 1.165) is 12.8 Å². The van der Waals surface area contributed by atoms with Crippen molar-refractivity contribution >= 4 is 16.6 Å². The first-order valence-electron chi connectivity index (χ1n) is 7.16. The van der Waals surface area contributed by atoms with Gasteiger partial charge in [0, 0.05) is 32.8 Å². The summed E-state index contributed by atoms with van der Waals surface area (Å²) in [5.74, 6) is 0.323. The van der Waals surface area contributed by atoms with Crippen LogP contribution in [0.4, 0.5) is 0 Å². The fourth-order valence-electron chi connectivity index (χ4n) is 3.49. The lowest BCUT2D eigenvalue weighted by Gasteiger charge is -2.26. The molecule has 0 aliphatic carbocycles. The first-order valence-corrected chi connectivity index (χ1v) is 8.44. The summed E-state index contributed by atoms with van der Waals surface area (Å²) >= 11 is 0. The molecule has 2 aliphatic rings. The highest BCUT2D eigenvalue weighted by Gasteiger charge is 2.43. The number of carbonyl (C=O) groups excluding carboxylic acids is 1. The zero-order valence-electron chi connectivity index (χ0n) is 11.9. The Labute approximate surface area is 126 Å². The Balaban J connectivity index is 1.90. The Bertz CT molecular complexity index is 633. The molecule has 2 aliphatic heterocycles. The van der Waals surface area contributed by atoms with Gasteiger partial charge in [0.25, 0.3) is 0 Å². The van der Waals surface area contributed by atoms with Crippen LogP contribution in [0.5, 0.6) is 5.75 Å². The van der Waals surface area contributed by atoms with Crippen LogP contribution < -0.4 is 4.74 Å². The number of ether oxygens (including phenoxy) is 1. The largest absolute Gasteiger partial charge is 0.495 e. The number of nitrogens with zero attached hydrogens (tertiary/aromatic N) is 1. The van der Waals surface area contributed by atoms with E-state index < -0.39 is 10.8 Å². The van der Waals surface area contributed by atoms with Gasteiger partial charge in [-0.05, 0) is 37.8 Å². The van der Waals surface area contributed by atoms with E-state index in [1.165, 1.54) is 7.11 Å². The first-order chi connectivity index (χ1) is 10.2. The maximum absolute atomic E-state index is 12.8. The molecular formula is C16H17NO3S. The van der Waals surface area contributed by atoms with Crippen molar-refractivity contribution in [3.63, 3.8) is 0 Å². The highest BCUT2D eigenvalue weighted by Crippen LogP contribution is 2.40. The second kappa shape index (κ2) is 5.61. The highest BCUT2D eigenvalue weighted by atomic mass is 32.2. The number of hydrogen-bond donors (Lipinski definition) is 0. The Hall–Kier alpha value is -1.67. The van der Waals surface area contributed by atoms with Gasteiger partial charge in [0.2, 0.25) is 0 Å². The predicted molar refractivity (Wildman–Crippen MR) is 79.7 cm³/mol. The Kier molecular flexibility index (Phi) is 3.81. The number of hydrogen-bond acceptors (Lipinski definition) is 4. The standard InChI is InChI=1S/C16H17NO3S/c1-20-15-4-2-3-13(14(15)9-17)16(18)10-7-11-5-6-12(8-10)21(11)19/h2-4,10-12H,5-8H2,1H3. The second-order valence-corrected chi connectivity index (χ2v) is 7.67. The van der Waals surface area contributed by atoms with Gasteiger partial charge in [-0.15, -0.1) is 0 Å². The van der Waals surface area contributed by atoms with Gasteiger partial charge in [-0.3, -0.25) is 9.00 Å². The van der Waals surface area contributed by atoms with Gasteiger partial charge in [-0.2, -0.15) is 5.26 Å². The van der Waals surface area contributed by atoms with E-state index in [0.29, 0.717) is 29.7 Å². The molecule has 4 nitrogen and oxygen atoms in total. The third-order valence-corrected chi connectivity index (χ3v) is 6.73. The molecule has 1 aromatic rings. The fourth-order valence-corrected chi connectivity index (χ4v) is 5.61. The van der Waals surface area contributed by atoms with Gasteiger partial charge in [0.15, 0.2) is 5.78 Å². The molecule has 3 rings (SSSR count). The van der Waals surface area contributed by atoms with Gasteiger partial charge in [-0.1, -0.05) is 6.07 Å². The molecule has 0 saturated carbocycles. The minimum absolute atomic E-state index is 0.000880. The Morgan fingerprint density at radius 3 is 2.57 bits per heavy atom. The van der Waals surface area contributed by atoms with Crippen LogP contribution in [0, 0.1) is 17.2 Å². The molecule has 2 atom stereocenters. The molecule has 0 N–H and O–H groups in total. The van der Waals surface area contributed by atoms with Gasteiger partial charge in [0.05, 0.1) is 7.11 Å². The molecule has 2 bridgehead atoms. The minimum Gasteiger partial charge on any atom is -0.495 e. The number of carbonyl (C=O) groups is 1. The lowest BCUT2D eigenvalue weighted by atomic mass is 9.88. The molecule has 0 aromatic heterocycles.